The van der Waals surface area contributed by atoms with Crippen molar-refractivity contribution >= 4 is 11.9 Å². The molecule has 2 aliphatic rings. The SMILES string of the molecule is COC(=O)CC1=C(C(=O)OC)C2(O)CCCC2O1. The summed E-state index contributed by atoms with van der Waals surface area (Å²) in [7, 11) is 2.49. The van der Waals surface area contributed by atoms with Crippen LogP contribution in [-0.4, -0.2) is 43.0 Å². The molecule has 0 radical (unpaired) electrons. The van der Waals surface area contributed by atoms with Crippen molar-refractivity contribution < 1.29 is 28.9 Å². The summed E-state index contributed by atoms with van der Waals surface area (Å²) in [6.45, 7) is 0. The average molecular weight is 256 g/mol. The number of aliphatic hydroxyl groups is 1. The highest BCUT2D eigenvalue weighted by Crippen LogP contribution is 2.46. The van der Waals surface area contributed by atoms with E-state index in [1.807, 2.05) is 0 Å². The largest absolute Gasteiger partial charge is 0.490 e. The first-order valence-electron chi connectivity index (χ1n) is 5.80. The van der Waals surface area contributed by atoms with Crippen molar-refractivity contribution in [3.05, 3.63) is 11.3 Å². The lowest BCUT2D eigenvalue weighted by molar-refractivity contribution is -0.140. The maximum absolute atomic E-state index is 11.8. The zero-order valence-electron chi connectivity index (χ0n) is 10.4. The minimum absolute atomic E-state index is 0.0675. The lowest BCUT2D eigenvalue weighted by Crippen LogP contribution is -2.38. The van der Waals surface area contributed by atoms with Crippen LogP contribution in [0.5, 0.6) is 0 Å². The molecule has 0 aromatic carbocycles. The van der Waals surface area contributed by atoms with Crippen LogP contribution in [0.25, 0.3) is 0 Å². The molecule has 1 N–H and O–H groups in total. The number of methoxy groups -OCH3 is 2. The van der Waals surface area contributed by atoms with E-state index < -0.39 is 23.6 Å². The maximum atomic E-state index is 11.8. The number of hydrogen-bond acceptors (Lipinski definition) is 6. The van der Waals surface area contributed by atoms with Crippen LogP contribution in [0.4, 0.5) is 0 Å². The van der Waals surface area contributed by atoms with E-state index in [1.54, 1.807) is 0 Å². The molecule has 0 saturated heterocycles. The summed E-state index contributed by atoms with van der Waals surface area (Å²) in [5, 5.41) is 10.5. The Labute approximate surface area is 105 Å². The fourth-order valence-electron chi connectivity index (χ4n) is 2.60. The van der Waals surface area contributed by atoms with Gasteiger partial charge in [-0.25, -0.2) is 4.79 Å². The Hall–Kier alpha value is -1.56. The Morgan fingerprint density at radius 3 is 2.78 bits per heavy atom. The normalized spacial score (nSPS) is 29.8. The minimum atomic E-state index is -1.32. The zero-order chi connectivity index (χ0) is 13.3. The molecule has 2 atom stereocenters. The monoisotopic (exact) mass is 256 g/mol. The van der Waals surface area contributed by atoms with Crippen molar-refractivity contribution in [3.63, 3.8) is 0 Å². The molecule has 0 amide bonds. The highest BCUT2D eigenvalue weighted by atomic mass is 16.5. The van der Waals surface area contributed by atoms with E-state index in [-0.39, 0.29) is 17.8 Å². The lowest BCUT2D eigenvalue weighted by atomic mass is 9.91. The fraction of sp³-hybridized carbons (Fsp3) is 0.667. The Bertz CT molecular complexity index is 413. The van der Waals surface area contributed by atoms with Crippen molar-refractivity contribution in [3.8, 4) is 0 Å². The molecule has 0 bridgehead atoms. The molecule has 0 spiro atoms. The Morgan fingerprint density at radius 1 is 1.44 bits per heavy atom. The highest BCUT2D eigenvalue weighted by molar-refractivity contribution is 5.93. The molecule has 1 aliphatic carbocycles. The molecule has 18 heavy (non-hydrogen) atoms. The van der Waals surface area contributed by atoms with E-state index in [0.29, 0.717) is 12.8 Å². The Balaban J connectivity index is 2.34. The number of rotatable bonds is 3. The van der Waals surface area contributed by atoms with Gasteiger partial charge in [0.2, 0.25) is 0 Å². The van der Waals surface area contributed by atoms with Crippen molar-refractivity contribution in [2.75, 3.05) is 14.2 Å². The Morgan fingerprint density at radius 2 is 2.17 bits per heavy atom. The van der Waals surface area contributed by atoms with Gasteiger partial charge in [-0.1, -0.05) is 0 Å². The summed E-state index contributed by atoms with van der Waals surface area (Å²) in [5.74, 6) is -1.00. The average Bonchev–Trinajstić information content (AvgIpc) is 2.81. The second kappa shape index (κ2) is 4.61. The molecule has 2 unspecified atom stereocenters. The third-order valence-electron chi connectivity index (χ3n) is 3.48. The van der Waals surface area contributed by atoms with E-state index in [9.17, 15) is 14.7 Å². The molecular formula is C12H16O6. The molecule has 6 nitrogen and oxygen atoms in total. The van der Waals surface area contributed by atoms with Crippen LogP contribution in [0.3, 0.4) is 0 Å². The quantitative estimate of drug-likeness (QED) is 0.731. The number of fused-ring (bicyclic) bond motifs is 1. The molecule has 2 rings (SSSR count). The lowest BCUT2D eigenvalue weighted by Gasteiger charge is -2.22. The number of carbonyl (C=O) groups is 2. The molecule has 1 heterocycles. The topological polar surface area (TPSA) is 82.1 Å². The first-order valence-corrected chi connectivity index (χ1v) is 5.80. The van der Waals surface area contributed by atoms with E-state index in [4.69, 9.17) is 4.74 Å². The first-order chi connectivity index (χ1) is 8.52. The van der Waals surface area contributed by atoms with Gasteiger partial charge in [0.1, 0.15) is 29.5 Å². The molecule has 0 aromatic rings. The van der Waals surface area contributed by atoms with Gasteiger partial charge in [-0.3, -0.25) is 4.79 Å². The van der Waals surface area contributed by atoms with E-state index >= 15 is 0 Å². The van der Waals surface area contributed by atoms with Crippen LogP contribution in [0, 0.1) is 0 Å². The highest BCUT2D eigenvalue weighted by Gasteiger charge is 2.55. The number of esters is 2. The summed E-state index contributed by atoms with van der Waals surface area (Å²) < 4.78 is 14.7. The maximum Gasteiger partial charge on any atom is 0.340 e. The van der Waals surface area contributed by atoms with Crippen LogP contribution in [0.1, 0.15) is 25.7 Å². The van der Waals surface area contributed by atoms with Crippen LogP contribution in [0.2, 0.25) is 0 Å². The number of ether oxygens (including phenoxy) is 3. The third-order valence-corrected chi connectivity index (χ3v) is 3.48. The second-order valence-corrected chi connectivity index (χ2v) is 4.47. The minimum Gasteiger partial charge on any atom is -0.490 e. The van der Waals surface area contributed by atoms with Crippen LogP contribution in [0.15, 0.2) is 11.3 Å². The van der Waals surface area contributed by atoms with Gasteiger partial charge in [0.05, 0.1) is 14.2 Å². The molecule has 0 aromatic heterocycles. The number of carbonyl (C=O) groups excluding carboxylic acids is 2. The predicted octanol–water partition coefficient (Wildman–Crippen LogP) is 0.290. The standard InChI is InChI=1S/C12H16O6/c1-16-9(13)6-7-10(11(14)17-2)12(15)5-3-4-8(12)18-7/h8,15H,3-6H2,1-2H3. The van der Waals surface area contributed by atoms with Gasteiger partial charge in [0.15, 0.2) is 0 Å². The predicted molar refractivity (Wildman–Crippen MR) is 59.3 cm³/mol. The Kier molecular flexibility index (Phi) is 3.30. The van der Waals surface area contributed by atoms with Gasteiger partial charge in [0.25, 0.3) is 0 Å². The summed E-state index contributed by atoms with van der Waals surface area (Å²) in [5.41, 5.74) is -1.26. The van der Waals surface area contributed by atoms with Gasteiger partial charge in [-0.05, 0) is 19.3 Å². The zero-order valence-corrected chi connectivity index (χ0v) is 10.4. The number of hydrogen-bond donors (Lipinski definition) is 1. The van der Waals surface area contributed by atoms with Gasteiger partial charge in [-0.2, -0.15) is 0 Å². The first kappa shape index (κ1) is 12.9. The summed E-state index contributed by atoms with van der Waals surface area (Å²) in [4.78, 5) is 23.0. The van der Waals surface area contributed by atoms with Crippen molar-refractivity contribution in [2.24, 2.45) is 0 Å². The van der Waals surface area contributed by atoms with Crippen molar-refractivity contribution in [1.82, 2.24) is 0 Å². The third kappa shape index (κ3) is 1.86. The second-order valence-electron chi connectivity index (χ2n) is 4.47. The van der Waals surface area contributed by atoms with Gasteiger partial charge >= 0.3 is 11.9 Å². The van der Waals surface area contributed by atoms with Gasteiger partial charge in [0, 0.05) is 0 Å². The molecule has 100 valence electrons. The van der Waals surface area contributed by atoms with Gasteiger partial charge < -0.3 is 19.3 Å². The van der Waals surface area contributed by atoms with E-state index in [1.165, 1.54) is 14.2 Å². The molecule has 1 saturated carbocycles. The van der Waals surface area contributed by atoms with E-state index in [2.05, 4.69) is 9.47 Å². The van der Waals surface area contributed by atoms with Crippen molar-refractivity contribution in [2.45, 2.75) is 37.4 Å². The molecule has 1 aliphatic heterocycles. The van der Waals surface area contributed by atoms with E-state index in [0.717, 1.165) is 6.42 Å². The molecular weight excluding hydrogens is 240 g/mol. The van der Waals surface area contributed by atoms with Crippen LogP contribution in [-0.2, 0) is 23.8 Å². The fourth-order valence-corrected chi connectivity index (χ4v) is 2.60. The smallest absolute Gasteiger partial charge is 0.340 e. The van der Waals surface area contributed by atoms with Crippen molar-refractivity contribution in [1.29, 1.82) is 0 Å². The summed E-state index contributed by atoms with van der Waals surface area (Å²) in [6, 6.07) is 0. The van der Waals surface area contributed by atoms with Crippen LogP contribution < -0.4 is 0 Å². The van der Waals surface area contributed by atoms with Crippen LogP contribution >= 0.6 is 0 Å². The summed E-state index contributed by atoms with van der Waals surface area (Å²) >= 11 is 0. The van der Waals surface area contributed by atoms with Gasteiger partial charge in [-0.15, -0.1) is 0 Å². The summed E-state index contributed by atoms with van der Waals surface area (Å²) in [6.07, 6.45) is 1.23. The molecule has 1 fully saturated rings. The molecule has 6 heteroatoms.